The minimum Gasteiger partial charge on any atom is -0.280 e. The molecule has 0 radical (unpaired) electrons. The first-order valence-corrected chi connectivity index (χ1v) is 6.76. The van der Waals surface area contributed by atoms with Gasteiger partial charge in [0.15, 0.2) is 0 Å². The highest BCUT2D eigenvalue weighted by Gasteiger charge is 2.12. The summed E-state index contributed by atoms with van der Waals surface area (Å²) in [5.74, 6) is 2.16. The van der Waals surface area contributed by atoms with E-state index in [0.717, 1.165) is 18.1 Å². The molecule has 0 unspecified atom stereocenters. The van der Waals surface area contributed by atoms with Crippen molar-refractivity contribution < 1.29 is 0 Å². The van der Waals surface area contributed by atoms with Crippen LogP contribution < -0.4 is 4.72 Å². The van der Waals surface area contributed by atoms with Gasteiger partial charge in [-0.2, -0.15) is 10.2 Å². The zero-order valence-corrected chi connectivity index (χ0v) is 9.12. The van der Waals surface area contributed by atoms with E-state index in [4.69, 9.17) is 0 Å². The summed E-state index contributed by atoms with van der Waals surface area (Å²) in [4.78, 5) is 0. The molecule has 0 aromatic heterocycles. The van der Waals surface area contributed by atoms with E-state index in [-0.39, 0.29) is 0 Å². The minimum absolute atomic E-state index is 0.687. The highest BCUT2D eigenvalue weighted by Crippen LogP contribution is 2.38. The molecular weight excluding hydrogens is 166 g/mol. The molecule has 0 saturated heterocycles. The van der Waals surface area contributed by atoms with Crippen molar-refractivity contribution in [3.05, 3.63) is 25.3 Å². The van der Waals surface area contributed by atoms with Crippen LogP contribution in [0.25, 0.3) is 0 Å². The number of nitrogens with one attached hydrogen (secondary N) is 1. The molecule has 0 aromatic carbocycles. The average molecular weight is 187 g/mol. The molecule has 2 heteroatoms. The molecule has 0 aliphatic rings. The number of rotatable bonds is 7. The molecule has 12 heavy (non-hydrogen) atoms. The maximum Gasteiger partial charge on any atom is 0.00681 e. The summed E-state index contributed by atoms with van der Waals surface area (Å²) in [7, 11) is -0.687. The lowest BCUT2D eigenvalue weighted by Gasteiger charge is -2.35. The SMILES string of the molecule is C=CCS(C)(CC=C)NCCC. The Morgan fingerprint density at radius 2 is 1.75 bits per heavy atom. The molecule has 0 heterocycles. The summed E-state index contributed by atoms with van der Waals surface area (Å²) in [6.45, 7) is 10.9. The average Bonchev–Trinajstić information content (AvgIpc) is 2.02. The van der Waals surface area contributed by atoms with Crippen molar-refractivity contribution in [2.45, 2.75) is 13.3 Å². The summed E-state index contributed by atoms with van der Waals surface area (Å²) >= 11 is 0. The molecule has 0 aromatic rings. The van der Waals surface area contributed by atoms with Crippen molar-refractivity contribution in [2.24, 2.45) is 0 Å². The molecular formula is C10H21NS. The van der Waals surface area contributed by atoms with Gasteiger partial charge < -0.3 is 0 Å². The van der Waals surface area contributed by atoms with Gasteiger partial charge in [0.25, 0.3) is 0 Å². The molecule has 1 N–H and O–H groups in total. The van der Waals surface area contributed by atoms with Crippen LogP contribution in [0.5, 0.6) is 0 Å². The van der Waals surface area contributed by atoms with E-state index < -0.39 is 10.2 Å². The Morgan fingerprint density at radius 1 is 1.25 bits per heavy atom. The van der Waals surface area contributed by atoms with E-state index in [1.54, 1.807) is 0 Å². The Kier molecular flexibility index (Phi) is 6.21. The third-order valence-corrected chi connectivity index (χ3v) is 4.52. The van der Waals surface area contributed by atoms with Crippen LogP contribution in [0, 0.1) is 0 Å². The molecule has 0 atom stereocenters. The van der Waals surface area contributed by atoms with Crippen LogP contribution in [-0.2, 0) is 0 Å². The van der Waals surface area contributed by atoms with Crippen LogP contribution >= 0.6 is 10.2 Å². The van der Waals surface area contributed by atoms with Crippen LogP contribution in [0.3, 0.4) is 0 Å². The smallest absolute Gasteiger partial charge is 0.00681 e. The van der Waals surface area contributed by atoms with E-state index >= 15 is 0 Å². The van der Waals surface area contributed by atoms with Crippen LogP contribution in [0.1, 0.15) is 13.3 Å². The van der Waals surface area contributed by atoms with E-state index in [2.05, 4.69) is 31.1 Å². The van der Waals surface area contributed by atoms with E-state index in [9.17, 15) is 0 Å². The van der Waals surface area contributed by atoms with Crippen LogP contribution in [0.15, 0.2) is 25.3 Å². The number of hydrogen-bond acceptors (Lipinski definition) is 1. The van der Waals surface area contributed by atoms with Crippen molar-refractivity contribution in [1.82, 2.24) is 4.72 Å². The topological polar surface area (TPSA) is 12.0 Å². The molecule has 0 aliphatic carbocycles. The van der Waals surface area contributed by atoms with Crippen LogP contribution in [0.4, 0.5) is 0 Å². The normalized spacial score (nSPS) is 12.5. The highest BCUT2D eigenvalue weighted by molar-refractivity contribution is 8.31. The van der Waals surface area contributed by atoms with Gasteiger partial charge >= 0.3 is 0 Å². The lowest BCUT2D eigenvalue weighted by Crippen LogP contribution is -2.24. The van der Waals surface area contributed by atoms with E-state index in [1.165, 1.54) is 6.42 Å². The summed E-state index contributed by atoms with van der Waals surface area (Å²) in [5.41, 5.74) is 0. The lowest BCUT2D eigenvalue weighted by molar-refractivity contribution is 0.868. The fraction of sp³-hybridized carbons (Fsp3) is 0.600. The molecule has 0 saturated carbocycles. The molecule has 0 spiro atoms. The molecule has 1 nitrogen and oxygen atoms in total. The fourth-order valence-electron chi connectivity index (χ4n) is 1.05. The first-order chi connectivity index (χ1) is 5.68. The molecule has 72 valence electrons. The van der Waals surface area contributed by atoms with E-state index in [0.29, 0.717) is 0 Å². The Balaban J connectivity index is 3.96. The van der Waals surface area contributed by atoms with Gasteiger partial charge in [0.05, 0.1) is 0 Å². The molecule has 0 amide bonds. The van der Waals surface area contributed by atoms with Crippen molar-refractivity contribution in [1.29, 1.82) is 0 Å². The Morgan fingerprint density at radius 3 is 2.08 bits per heavy atom. The quantitative estimate of drug-likeness (QED) is 0.604. The first kappa shape index (κ1) is 11.8. The minimum atomic E-state index is -0.687. The number of hydrogen-bond donors (Lipinski definition) is 1. The standard InChI is InChI=1S/C10H21NS/c1-5-8-11-12(4,9-6-2)10-7-3/h6-7,11H,2-3,5,8-10H2,1,4H3. The van der Waals surface area contributed by atoms with Gasteiger partial charge in [-0.25, -0.2) is 0 Å². The summed E-state index contributed by atoms with van der Waals surface area (Å²) < 4.78 is 3.59. The maximum absolute atomic E-state index is 3.78. The van der Waals surface area contributed by atoms with Crippen molar-refractivity contribution in [3.63, 3.8) is 0 Å². The van der Waals surface area contributed by atoms with Crippen molar-refractivity contribution in [3.8, 4) is 0 Å². The van der Waals surface area contributed by atoms with Crippen LogP contribution in [-0.4, -0.2) is 24.3 Å². The summed E-state index contributed by atoms with van der Waals surface area (Å²) in [6, 6.07) is 0. The van der Waals surface area contributed by atoms with E-state index in [1.807, 2.05) is 12.2 Å². The predicted octanol–water partition coefficient (Wildman–Crippen LogP) is 2.71. The third-order valence-electron chi connectivity index (χ3n) is 1.67. The Bertz CT molecular complexity index is 133. The monoisotopic (exact) mass is 187 g/mol. The molecule has 0 aliphatic heterocycles. The molecule has 0 fully saturated rings. The highest BCUT2D eigenvalue weighted by atomic mass is 32.3. The van der Waals surface area contributed by atoms with Gasteiger partial charge in [0.2, 0.25) is 0 Å². The van der Waals surface area contributed by atoms with Gasteiger partial charge in [-0.15, -0.1) is 13.2 Å². The largest absolute Gasteiger partial charge is 0.280 e. The molecule has 0 bridgehead atoms. The predicted molar refractivity (Wildman–Crippen MR) is 61.9 cm³/mol. The first-order valence-electron chi connectivity index (χ1n) is 4.38. The van der Waals surface area contributed by atoms with Gasteiger partial charge in [-0.1, -0.05) is 19.1 Å². The van der Waals surface area contributed by atoms with Gasteiger partial charge in [-0.05, 0) is 12.7 Å². The summed E-state index contributed by atoms with van der Waals surface area (Å²) in [5, 5.41) is 0. The Labute approximate surface area is 78.4 Å². The van der Waals surface area contributed by atoms with Gasteiger partial charge in [0.1, 0.15) is 0 Å². The molecule has 0 rings (SSSR count). The second-order valence-corrected chi connectivity index (χ2v) is 6.58. The second-order valence-electron chi connectivity index (χ2n) is 3.08. The third kappa shape index (κ3) is 4.62. The Hall–Kier alpha value is -0.210. The van der Waals surface area contributed by atoms with Gasteiger partial charge in [-0.3, -0.25) is 4.72 Å². The van der Waals surface area contributed by atoms with Gasteiger partial charge in [0, 0.05) is 18.1 Å². The lowest BCUT2D eigenvalue weighted by atomic mass is 10.5. The zero-order chi connectivity index (χ0) is 9.45. The summed E-state index contributed by atoms with van der Waals surface area (Å²) in [6.07, 6.45) is 7.49. The fourth-order valence-corrected chi connectivity index (χ4v) is 3.16. The second kappa shape index (κ2) is 6.32. The zero-order valence-electron chi connectivity index (χ0n) is 8.31. The van der Waals surface area contributed by atoms with Crippen LogP contribution in [0.2, 0.25) is 0 Å². The van der Waals surface area contributed by atoms with Crippen molar-refractivity contribution >= 4 is 10.2 Å². The van der Waals surface area contributed by atoms with Crippen molar-refractivity contribution in [2.75, 3.05) is 24.3 Å². The maximum atomic E-state index is 3.78.